The number of amides is 5. The van der Waals surface area contributed by atoms with Crippen molar-refractivity contribution in [2.45, 2.75) is 65.1 Å². The number of hydrogen-bond acceptors (Lipinski definition) is 8. The first kappa shape index (κ1) is 33.2. The van der Waals surface area contributed by atoms with Gasteiger partial charge in [-0.15, -0.1) is 0 Å². The third-order valence-corrected chi connectivity index (χ3v) is 5.41. The smallest absolute Gasteiger partial charge is 0.407 e. The minimum Gasteiger partial charge on any atom is -0.497 e. The van der Waals surface area contributed by atoms with Gasteiger partial charge in [0.05, 0.1) is 7.11 Å². The van der Waals surface area contributed by atoms with Crippen molar-refractivity contribution in [2.75, 3.05) is 20.7 Å². The number of alkyl carbamates (subject to hydrolysis) is 1. The topological polar surface area (TPSA) is 184 Å². The molecule has 1 aromatic rings. The van der Waals surface area contributed by atoms with E-state index in [-0.39, 0.29) is 18.8 Å². The molecule has 0 saturated carbocycles. The van der Waals surface area contributed by atoms with Crippen LogP contribution in [0.5, 0.6) is 5.75 Å². The van der Waals surface area contributed by atoms with Gasteiger partial charge in [0.2, 0.25) is 17.7 Å². The van der Waals surface area contributed by atoms with Gasteiger partial charge in [0.1, 0.15) is 29.4 Å². The molecule has 0 aromatic heterocycles. The van der Waals surface area contributed by atoms with Crippen LogP contribution in [0.15, 0.2) is 24.3 Å². The van der Waals surface area contributed by atoms with Gasteiger partial charge in [-0.1, -0.05) is 26.0 Å². The number of nitrogens with one attached hydrogen (secondary N) is 5. The molecular weight excluding hydrogens is 510 g/mol. The van der Waals surface area contributed by atoms with E-state index in [4.69, 9.17) is 14.7 Å². The molecule has 1 aromatic carbocycles. The lowest BCUT2D eigenvalue weighted by Gasteiger charge is -2.26. The summed E-state index contributed by atoms with van der Waals surface area (Å²) in [5, 5.41) is 19.1. The first-order valence-corrected chi connectivity index (χ1v) is 12.6. The van der Waals surface area contributed by atoms with Crippen LogP contribution in [-0.4, -0.2) is 73.3 Å². The average Bonchev–Trinajstić information content (AvgIpc) is 2.86. The Hall–Kier alpha value is -3.87. The van der Waals surface area contributed by atoms with E-state index in [2.05, 4.69) is 21.3 Å². The first-order chi connectivity index (χ1) is 18.2. The van der Waals surface area contributed by atoms with E-state index in [0.717, 1.165) is 5.56 Å². The standard InChI is InChI=1S/C26H41N5O8/c1-15(2)12-19(29-21(32)18(22(33)31-37)14-28-25(36)39-26(3,4)5)24(35)30-20(23(34)27-6)13-16-8-10-17(38-7)11-9-16/h8-11,15,18-20,37H,12-14H2,1-7H3,(H,27,34)(H,28,36)(H,29,32)(H,30,35)(H,31,33)/t18?,19-,20-/m0/s1. The number of hydrogen-bond donors (Lipinski definition) is 6. The zero-order chi connectivity index (χ0) is 29.8. The zero-order valence-electron chi connectivity index (χ0n) is 23.5. The molecule has 1 rings (SSSR count). The summed E-state index contributed by atoms with van der Waals surface area (Å²) in [5.74, 6) is -4.05. The first-order valence-electron chi connectivity index (χ1n) is 12.6. The fourth-order valence-corrected chi connectivity index (χ4v) is 3.51. The second kappa shape index (κ2) is 15.5. The summed E-state index contributed by atoms with van der Waals surface area (Å²) >= 11 is 0. The molecule has 6 N–H and O–H groups in total. The van der Waals surface area contributed by atoms with Crippen molar-refractivity contribution in [1.29, 1.82) is 0 Å². The molecule has 0 aliphatic heterocycles. The van der Waals surface area contributed by atoms with Crippen LogP contribution in [-0.2, 0) is 30.3 Å². The number of rotatable bonds is 13. The fraction of sp³-hybridized carbons (Fsp3) is 0.577. The van der Waals surface area contributed by atoms with E-state index >= 15 is 0 Å². The number of carbonyl (C=O) groups excluding carboxylic acids is 5. The Morgan fingerprint density at radius 3 is 1.97 bits per heavy atom. The summed E-state index contributed by atoms with van der Waals surface area (Å²) in [6.45, 7) is 8.11. The maximum atomic E-state index is 13.3. The molecule has 0 aliphatic rings. The average molecular weight is 552 g/mol. The Morgan fingerprint density at radius 2 is 1.49 bits per heavy atom. The predicted molar refractivity (Wildman–Crippen MR) is 142 cm³/mol. The van der Waals surface area contributed by atoms with Crippen molar-refractivity contribution in [1.82, 2.24) is 26.7 Å². The summed E-state index contributed by atoms with van der Waals surface area (Å²) in [4.78, 5) is 63.0. The Bertz CT molecular complexity index is 991. The molecule has 0 bridgehead atoms. The second-order valence-corrected chi connectivity index (χ2v) is 10.3. The molecule has 0 spiro atoms. The van der Waals surface area contributed by atoms with Gasteiger partial charge >= 0.3 is 6.09 Å². The van der Waals surface area contributed by atoms with Gasteiger partial charge in [-0.2, -0.15) is 0 Å². The quantitative estimate of drug-likeness (QED) is 0.117. The van der Waals surface area contributed by atoms with Crippen LogP contribution < -0.4 is 31.5 Å². The van der Waals surface area contributed by atoms with Gasteiger partial charge in [-0.05, 0) is 50.8 Å². The monoisotopic (exact) mass is 551 g/mol. The summed E-state index contributed by atoms with van der Waals surface area (Å²) < 4.78 is 10.3. The van der Waals surface area contributed by atoms with Crippen molar-refractivity contribution in [3.05, 3.63) is 29.8 Å². The Balaban J connectivity index is 3.04. The SMILES string of the molecule is CNC(=O)[C@H](Cc1ccc(OC)cc1)NC(=O)[C@H](CC(C)C)NC(=O)C(CNC(=O)OC(C)(C)C)C(=O)NO. The van der Waals surface area contributed by atoms with Gasteiger partial charge in [-0.25, -0.2) is 10.3 Å². The Morgan fingerprint density at radius 1 is 0.897 bits per heavy atom. The highest BCUT2D eigenvalue weighted by atomic mass is 16.6. The van der Waals surface area contributed by atoms with Gasteiger partial charge in [0.15, 0.2) is 0 Å². The molecule has 3 atom stereocenters. The Kier molecular flexibility index (Phi) is 13.2. The maximum absolute atomic E-state index is 13.3. The molecule has 0 saturated heterocycles. The van der Waals surface area contributed by atoms with Crippen LogP contribution in [0.4, 0.5) is 4.79 Å². The summed E-state index contributed by atoms with van der Waals surface area (Å²) in [6.07, 6.45) is -0.504. The number of likely N-dealkylation sites (N-methyl/N-ethyl adjacent to an activating group) is 1. The van der Waals surface area contributed by atoms with Crippen LogP contribution in [0.2, 0.25) is 0 Å². The van der Waals surface area contributed by atoms with Crippen molar-refractivity contribution >= 4 is 29.7 Å². The molecule has 39 heavy (non-hydrogen) atoms. The van der Waals surface area contributed by atoms with E-state index < -0.39 is 59.9 Å². The van der Waals surface area contributed by atoms with Crippen molar-refractivity contribution in [3.63, 3.8) is 0 Å². The molecule has 5 amide bonds. The number of carbonyl (C=O) groups is 5. The highest BCUT2D eigenvalue weighted by Gasteiger charge is 2.33. The second-order valence-electron chi connectivity index (χ2n) is 10.3. The molecule has 1 unspecified atom stereocenters. The normalized spacial score (nSPS) is 13.4. The zero-order valence-corrected chi connectivity index (χ0v) is 23.5. The van der Waals surface area contributed by atoms with Crippen molar-refractivity contribution in [3.8, 4) is 5.75 Å². The minimum atomic E-state index is -1.57. The lowest BCUT2D eigenvalue weighted by atomic mass is 9.99. The lowest BCUT2D eigenvalue weighted by molar-refractivity contribution is -0.142. The van der Waals surface area contributed by atoms with Gasteiger partial charge in [0.25, 0.3) is 5.91 Å². The fourth-order valence-electron chi connectivity index (χ4n) is 3.51. The van der Waals surface area contributed by atoms with E-state index in [1.54, 1.807) is 45.0 Å². The summed E-state index contributed by atoms with van der Waals surface area (Å²) in [7, 11) is 2.98. The van der Waals surface area contributed by atoms with Gasteiger partial charge in [-0.3, -0.25) is 24.4 Å². The molecule has 0 heterocycles. The van der Waals surface area contributed by atoms with Crippen LogP contribution in [0, 0.1) is 11.8 Å². The molecular formula is C26H41N5O8. The van der Waals surface area contributed by atoms with Crippen molar-refractivity contribution in [2.24, 2.45) is 11.8 Å². The highest BCUT2D eigenvalue weighted by Crippen LogP contribution is 2.14. The van der Waals surface area contributed by atoms with Crippen LogP contribution >= 0.6 is 0 Å². The van der Waals surface area contributed by atoms with E-state index in [1.165, 1.54) is 19.6 Å². The van der Waals surface area contributed by atoms with Gasteiger partial charge in [0, 0.05) is 20.0 Å². The van der Waals surface area contributed by atoms with Crippen LogP contribution in [0.1, 0.15) is 46.6 Å². The third-order valence-electron chi connectivity index (χ3n) is 5.41. The largest absolute Gasteiger partial charge is 0.497 e. The lowest BCUT2D eigenvalue weighted by Crippen LogP contribution is -2.56. The van der Waals surface area contributed by atoms with E-state index in [0.29, 0.717) is 5.75 Å². The molecule has 13 heteroatoms. The maximum Gasteiger partial charge on any atom is 0.407 e. The van der Waals surface area contributed by atoms with Crippen LogP contribution in [0.25, 0.3) is 0 Å². The molecule has 0 aliphatic carbocycles. The van der Waals surface area contributed by atoms with E-state index in [1.807, 2.05) is 13.8 Å². The van der Waals surface area contributed by atoms with Gasteiger partial charge < -0.3 is 30.7 Å². The van der Waals surface area contributed by atoms with E-state index in [9.17, 15) is 24.0 Å². The number of benzene rings is 1. The summed E-state index contributed by atoms with van der Waals surface area (Å²) in [5.41, 5.74) is 1.35. The number of hydroxylamine groups is 1. The summed E-state index contributed by atoms with van der Waals surface area (Å²) in [6, 6.07) is 4.94. The number of methoxy groups -OCH3 is 1. The number of ether oxygens (including phenoxy) is 2. The van der Waals surface area contributed by atoms with Crippen LogP contribution in [0.3, 0.4) is 0 Å². The molecule has 0 fully saturated rings. The molecule has 218 valence electrons. The highest BCUT2D eigenvalue weighted by molar-refractivity contribution is 6.02. The predicted octanol–water partition coefficient (Wildman–Crippen LogP) is 0.646. The minimum absolute atomic E-state index is 0.0499. The van der Waals surface area contributed by atoms with Crippen molar-refractivity contribution < 1.29 is 38.7 Å². The molecule has 0 radical (unpaired) electrons. The molecule has 13 nitrogen and oxygen atoms in total. The third kappa shape index (κ3) is 12.0. The Labute approximate surface area is 228 Å².